The molecule has 0 radical (unpaired) electrons. The lowest BCUT2D eigenvalue weighted by atomic mass is 10.2. The highest BCUT2D eigenvalue weighted by atomic mass is 35.5. The summed E-state index contributed by atoms with van der Waals surface area (Å²) >= 11 is 6.11. The van der Waals surface area contributed by atoms with E-state index in [1.807, 2.05) is 6.07 Å². The Morgan fingerprint density at radius 3 is 2.81 bits per heavy atom. The molecule has 3 rings (SSSR count). The van der Waals surface area contributed by atoms with E-state index in [0.717, 1.165) is 11.8 Å². The van der Waals surface area contributed by atoms with Gasteiger partial charge >= 0.3 is 0 Å². The zero-order valence-corrected chi connectivity index (χ0v) is 12.1. The third kappa shape index (κ3) is 2.53. The van der Waals surface area contributed by atoms with E-state index in [1.54, 1.807) is 23.8 Å². The Kier molecular flexibility index (Phi) is 3.68. The molecule has 0 aliphatic carbocycles. The van der Waals surface area contributed by atoms with E-state index >= 15 is 0 Å². The Hall–Kier alpha value is -1.88. The minimum atomic E-state index is -0.900. The number of hydrogen-bond acceptors (Lipinski definition) is 2. The van der Waals surface area contributed by atoms with E-state index in [0.29, 0.717) is 24.3 Å². The van der Waals surface area contributed by atoms with Crippen molar-refractivity contribution in [2.45, 2.75) is 25.3 Å². The number of benzene rings is 1. The van der Waals surface area contributed by atoms with Gasteiger partial charge in [0.2, 0.25) is 0 Å². The monoisotopic (exact) mass is 310 g/mol. The molecule has 110 valence electrons. The highest BCUT2D eigenvalue weighted by Crippen LogP contribution is 2.27. The molecule has 0 spiro atoms. The second kappa shape index (κ2) is 5.48. The van der Waals surface area contributed by atoms with Crippen molar-refractivity contribution in [3.05, 3.63) is 53.7 Å². The number of furan rings is 1. The van der Waals surface area contributed by atoms with Crippen molar-refractivity contribution < 1.29 is 13.2 Å². The summed E-state index contributed by atoms with van der Waals surface area (Å²) in [5.41, 5.74) is 0.542. The quantitative estimate of drug-likeness (QED) is 0.667. The molecule has 0 aliphatic rings. The molecule has 0 N–H and O–H groups in total. The van der Waals surface area contributed by atoms with E-state index in [1.165, 1.54) is 6.07 Å². The summed E-state index contributed by atoms with van der Waals surface area (Å²) < 4.78 is 34.5. The molecule has 0 saturated carbocycles. The number of rotatable bonds is 4. The Labute approximate surface area is 125 Å². The van der Waals surface area contributed by atoms with Crippen molar-refractivity contribution >= 4 is 22.6 Å². The molecule has 3 aromatic rings. The summed E-state index contributed by atoms with van der Waals surface area (Å²) in [6.45, 7) is 2.16. The van der Waals surface area contributed by atoms with Crippen molar-refractivity contribution in [3.8, 4) is 0 Å². The number of aromatic nitrogens is 2. The molecule has 0 bridgehead atoms. The first-order valence-electron chi connectivity index (χ1n) is 6.58. The van der Waals surface area contributed by atoms with Gasteiger partial charge in [0.15, 0.2) is 11.6 Å². The fourth-order valence-corrected chi connectivity index (χ4v) is 2.55. The third-order valence-corrected chi connectivity index (χ3v) is 3.54. The zero-order valence-electron chi connectivity index (χ0n) is 11.3. The van der Waals surface area contributed by atoms with Crippen LogP contribution in [0.3, 0.4) is 0 Å². The summed E-state index contributed by atoms with van der Waals surface area (Å²) in [6, 6.07) is 6.15. The van der Waals surface area contributed by atoms with Gasteiger partial charge in [-0.05, 0) is 31.2 Å². The van der Waals surface area contributed by atoms with E-state index in [-0.39, 0.29) is 5.52 Å². The van der Waals surface area contributed by atoms with Gasteiger partial charge in [-0.3, -0.25) is 0 Å². The van der Waals surface area contributed by atoms with E-state index < -0.39 is 17.0 Å². The smallest absolute Gasteiger partial charge is 0.184 e. The van der Waals surface area contributed by atoms with Crippen LogP contribution in [0.4, 0.5) is 8.78 Å². The average Bonchev–Trinajstić information content (AvgIpc) is 3.08. The van der Waals surface area contributed by atoms with Crippen molar-refractivity contribution in [3.63, 3.8) is 0 Å². The molecule has 0 fully saturated rings. The number of halogens is 3. The molecule has 0 amide bonds. The summed E-state index contributed by atoms with van der Waals surface area (Å²) in [5, 5.41) is -0.406. The Morgan fingerprint density at radius 1 is 1.33 bits per heavy atom. The fourth-order valence-electron chi connectivity index (χ4n) is 2.38. The standard InChI is InChI=1S/C15H13ClF2N2O/c1-9(16)15-19-12-5-4-11(17)13(18)14(12)20(15)7-6-10-3-2-8-21-10/h2-5,8-9H,6-7H2,1H3. The molecule has 1 atom stereocenters. The predicted octanol–water partition coefficient (Wildman–Crippen LogP) is 4.45. The first kappa shape index (κ1) is 14.1. The van der Waals surface area contributed by atoms with E-state index in [9.17, 15) is 8.78 Å². The van der Waals surface area contributed by atoms with E-state index in [4.69, 9.17) is 16.0 Å². The van der Waals surface area contributed by atoms with Crippen LogP contribution in [0.2, 0.25) is 0 Å². The SMILES string of the molecule is CC(Cl)c1nc2ccc(F)c(F)c2n1CCc1ccco1. The van der Waals surface area contributed by atoms with Crippen LogP contribution in [0.1, 0.15) is 23.9 Å². The lowest BCUT2D eigenvalue weighted by Crippen LogP contribution is -2.07. The highest BCUT2D eigenvalue weighted by molar-refractivity contribution is 6.20. The van der Waals surface area contributed by atoms with Gasteiger partial charge < -0.3 is 8.98 Å². The van der Waals surface area contributed by atoms with Gasteiger partial charge in [0.1, 0.15) is 17.1 Å². The first-order chi connectivity index (χ1) is 10.1. The predicted molar refractivity (Wildman–Crippen MR) is 76.3 cm³/mol. The first-order valence-corrected chi connectivity index (χ1v) is 7.02. The number of hydrogen-bond donors (Lipinski definition) is 0. The van der Waals surface area contributed by atoms with Gasteiger partial charge in [0.05, 0.1) is 17.2 Å². The van der Waals surface area contributed by atoms with Crippen LogP contribution in [0.15, 0.2) is 34.9 Å². The molecule has 3 nitrogen and oxygen atoms in total. The summed E-state index contributed by atoms with van der Waals surface area (Å²) in [7, 11) is 0. The highest BCUT2D eigenvalue weighted by Gasteiger charge is 2.20. The lowest BCUT2D eigenvalue weighted by Gasteiger charge is -2.10. The van der Waals surface area contributed by atoms with Crippen LogP contribution >= 0.6 is 11.6 Å². The second-order valence-electron chi connectivity index (χ2n) is 4.80. The van der Waals surface area contributed by atoms with Gasteiger partial charge in [-0.2, -0.15) is 0 Å². The molecule has 0 aliphatic heterocycles. The third-order valence-electron chi connectivity index (χ3n) is 3.35. The van der Waals surface area contributed by atoms with Crippen LogP contribution in [0.25, 0.3) is 11.0 Å². The van der Waals surface area contributed by atoms with Crippen LogP contribution in [0, 0.1) is 11.6 Å². The summed E-state index contributed by atoms with van der Waals surface area (Å²) in [6.07, 6.45) is 2.12. The minimum Gasteiger partial charge on any atom is -0.469 e. The molecule has 1 unspecified atom stereocenters. The number of imidazole rings is 1. The van der Waals surface area contributed by atoms with Crippen molar-refractivity contribution in [2.75, 3.05) is 0 Å². The maximum Gasteiger partial charge on any atom is 0.184 e. The number of fused-ring (bicyclic) bond motifs is 1. The normalized spacial score (nSPS) is 13.0. The van der Waals surface area contributed by atoms with Crippen LogP contribution in [-0.2, 0) is 13.0 Å². The number of alkyl halides is 1. The maximum absolute atomic E-state index is 14.1. The lowest BCUT2D eigenvalue weighted by molar-refractivity contribution is 0.484. The van der Waals surface area contributed by atoms with Gasteiger partial charge in [-0.15, -0.1) is 11.6 Å². The Balaban J connectivity index is 2.08. The molecule has 6 heteroatoms. The minimum absolute atomic E-state index is 0.143. The molecule has 21 heavy (non-hydrogen) atoms. The fraction of sp³-hybridized carbons (Fsp3) is 0.267. The van der Waals surface area contributed by atoms with Gasteiger partial charge in [0, 0.05) is 13.0 Å². The van der Waals surface area contributed by atoms with Crippen molar-refractivity contribution in [1.29, 1.82) is 0 Å². The maximum atomic E-state index is 14.1. The van der Waals surface area contributed by atoms with Crippen LogP contribution in [0.5, 0.6) is 0 Å². The molecule has 0 saturated heterocycles. The average molecular weight is 311 g/mol. The molecule has 2 aromatic heterocycles. The second-order valence-corrected chi connectivity index (χ2v) is 5.45. The topological polar surface area (TPSA) is 31.0 Å². The van der Waals surface area contributed by atoms with Gasteiger partial charge in [-0.1, -0.05) is 0 Å². The van der Waals surface area contributed by atoms with Gasteiger partial charge in [0.25, 0.3) is 0 Å². The summed E-state index contributed by atoms with van der Waals surface area (Å²) in [4.78, 5) is 4.31. The van der Waals surface area contributed by atoms with Crippen LogP contribution < -0.4 is 0 Å². The Bertz CT molecular complexity index is 766. The molecule has 2 heterocycles. The molecular formula is C15H13ClF2N2O. The molecular weight excluding hydrogens is 298 g/mol. The Morgan fingerprint density at radius 2 is 2.14 bits per heavy atom. The number of aryl methyl sites for hydroxylation is 2. The zero-order chi connectivity index (χ0) is 15.0. The van der Waals surface area contributed by atoms with E-state index in [2.05, 4.69) is 4.98 Å². The summed E-state index contributed by atoms with van der Waals surface area (Å²) in [5.74, 6) is -0.511. The van der Waals surface area contributed by atoms with Crippen LogP contribution in [-0.4, -0.2) is 9.55 Å². The molecule has 1 aromatic carbocycles. The van der Waals surface area contributed by atoms with Crippen molar-refractivity contribution in [2.24, 2.45) is 0 Å². The number of nitrogens with zero attached hydrogens (tertiary/aromatic N) is 2. The largest absolute Gasteiger partial charge is 0.469 e. The van der Waals surface area contributed by atoms with Crippen molar-refractivity contribution in [1.82, 2.24) is 9.55 Å². The van der Waals surface area contributed by atoms with Gasteiger partial charge in [-0.25, -0.2) is 13.8 Å².